The Bertz CT molecular complexity index is 4160. The van der Waals surface area contributed by atoms with Crippen molar-refractivity contribution in [3.05, 3.63) is 292 Å². The highest BCUT2D eigenvalue weighted by molar-refractivity contribution is 7.99. The van der Waals surface area contributed by atoms with Crippen molar-refractivity contribution in [3.8, 4) is 44.9 Å². The minimum atomic E-state index is -0.703. The predicted molar refractivity (Wildman–Crippen MR) is 320 cm³/mol. The molecule has 11 aromatic carbocycles. The Morgan fingerprint density at radius 1 is 0.338 bits per heavy atom. The van der Waals surface area contributed by atoms with E-state index in [0.717, 1.165) is 45.3 Å². The molecule has 0 bridgehead atoms. The SMILES string of the molecule is CC(C)(C)c1ccc2c(c1)C1(c3ccccc3Oc3ccc(N(c4ccc5c(c4)C4(c6ccccc6Sc6ccccc64)c4ccccc4-5)c4ccccc4-c4cccc5ccccc45)cc31)c1cc(C(C)(C)C)ccc1-2. The topological polar surface area (TPSA) is 12.5 Å². The quantitative estimate of drug-likeness (QED) is 0.174. The lowest BCUT2D eigenvalue weighted by atomic mass is 9.65. The van der Waals surface area contributed by atoms with Crippen LogP contribution in [-0.4, -0.2) is 0 Å². The zero-order valence-electron chi connectivity index (χ0n) is 44.3. The molecule has 15 rings (SSSR count). The molecular weight excluding hydrogens is 951 g/mol. The Morgan fingerprint density at radius 3 is 1.47 bits per heavy atom. The highest BCUT2D eigenvalue weighted by atomic mass is 32.2. The molecule has 0 aromatic heterocycles. The Labute approximate surface area is 456 Å². The van der Waals surface area contributed by atoms with E-state index in [4.69, 9.17) is 4.74 Å². The first-order chi connectivity index (χ1) is 37.4. The molecule has 2 aliphatic carbocycles. The molecule has 4 aliphatic rings. The van der Waals surface area contributed by atoms with Gasteiger partial charge in [-0.05, 0) is 149 Å². The second-order valence-corrected chi connectivity index (χ2v) is 24.6. The Morgan fingerprint density at radius 2 is 0.792 bits per heavy atom. The largest absolute Gasteiger partial charge is 0.457 e. The number of hydrogen-bond acceptors (Lipinski definition) is 3. The second-order valence-electron chi connectivity index (χ2n) is 23.5. The van der Waals surface area contributed by atoms with Crippen LogP contribution < -0.4 is 9.64 Å². The minimum absolute atomic E-state index is 0.0817. The molecule has 370 valence electrons. The zero-order valence-corrected chi connectivity index (χ0v) is 45.1. The second kappa shape index (κ2) is 16.6. The molecule has 0 unspecified atom stereocenters. The van der Waals surface area contributed by atoms with Crippen LogP contribution in [0.2, 0.25) is 0 Å². The van der Waals surface area contributed by atoms with E-state index in [2.05, 4.69) is 283 Å². The molecule has 0 fully saturated rings. The third-order valence-corrected chi connectivity index (χ3v) is 18.5. The molecular formula is C74H57NOS. The van der Waals surface area contributed by atoms with Gasteiger partial charge in [-0.3, -0.25) is 0 Å². The third kappa shape index (κ3) is 6.50. The van der Waals surface area contributed by atoms with Crippen molar-refractivity contribution < 1.29 is 4.74 Å². The first-order valence-corrected chi connectivity index (χ1v) is 28.0. The summed E-state index contributed by atoms with van der Waals surface area (Å²) in [6.07, 6.45) is 0. The van der Waals surface area contributed by atoms with Gasteiger partial charge in [-0.2, -0.15) is 0 Å². The van der Waals surface area contributed by atoms with E-state index in [0.29, 0.717) is 0 Å². The number of hydrogen-bond donors (Lipinski definition) is 0. The number of nitrogens with zero attached hydrogens (tertiary/aromatic N) is 1. The van der Waals surface area contributed by atoms with E-state index in [9.17, 15) is 0 Å². The average Bonchev–Trinajstić information content (AvgIpc) is 4.17. The van der Waals surface area contributed by atoms with E-state index in [-0.39, 0.29) is 10.8 Å². The summed E-state index contributed by atoms with van der Waals surface area (Å²) in [5, 5.41) is 2.43. The van der Waals surface area contributed by atoms with Crippen LogP contribution in [0.5, 0.6) is 11.5 Å². The summed E-state index contributed by atoms with van der Waals surface area (Å²) in [7, 11) is 0. The summed E-state index contributed by atoms with van der Waals surface area (Å²) in [5.74, 6) is 1.76. The molecule has 11 aromatic rings. The van der Waals surface area contributed by atoms with E-state index >= 15 is 0 Å². The Hall–Kier alpha value is -8.37. The number of fused-ring (bicyclic) bond motifs is 19. The fourth-order valence-electron chi connectivity index (χ4n) is 13.8. The zero-order chi connectivity index (χ0) is 52.0. The first kappa shape index (κ1) is 46.0. The normalized spacial score (nSPS) is 14.6. The summed E-state index contributed by atoms with van der Waals surface area (Å²) >= 11 is 1.89. The van der Waals surface area contributed by atoms with Crippen LogP contribution in [0.4, 0.5) is 17.1 Å². The van der Waals surface area contributed by atoms with Crippen LogP contribution in [0.1, 0.15) is 97.2 Å². The highest BCUT2D eigenvalue weighted by Gasteiger charge is 2.53. The Balaban J connectivity index is 1.05. The number of ether oxygens (including phenoxy) is 1. The summed E-state index contributed by atoms with van der Waals surface area (Å²) in [6.45, 7) is 14.0. The van der Waals surface area contributed by atoms with Crippen molar-refractivity contribution in [1.29, 1.82) is 0 Å². The maximum absolute atomic E-state index is 7.19. The fourth-order valence-corrected chi connectivity index (χ4v) is 15.0. The van der Waals surface area contributed by atoms with Crippen molar-refractivity contribution in [2.24, 2.45) is 0 Å². The van der Waals surface area contributed by atoms with E-state index in [1.165, 1.54) is 92.9 Å². The van der Waals surface area contributed by atoms with Crippen molar-refractivity contribution in [3.63, 3.8) is 0 Å². The van der Waals surface area contributed by atoms with Gasteiger partial charge in [0.2, 0.25) is 0 Å². The van der Waals surface area contributed by atoms with Crippen LogP contribution in [0.15, 0.2) is 246 Å². The van der Waals surface area contributed by atoms with Gasteiger partial charge >= 0.3 is 0 Å². The lowest BCUT2D eigenvalue weighted by Crippen LogP contribution is -2.33. The van der Waals surface area contributed by atoms with Gasteiger partial charge in [0, 0.05) is 37.9 Å². The van der Waals surface area contributed by atoms with E-state index < -0.39 is 10.8 Å². The average molecular weight is 1010 g/mol. The predicted octanol–water partition coefficient (Wildman–Crippen LogP) is 19.9. The lowest BCUT2D eigenvalue weighted by molar-refractivity contribution is 0.436. The minimum Gasteiger partial charge on any atom is -0.457 e. The molecule has 0 saturated carbocycles. The molecule has 3 heteroatoms. The van der Waals surface area contributed by atoms with Gasteiger partial charge in [-0.15, -0.1) is 0 Å². The molecule has 2 nitrogen and oxygen atoms in total. The van der Waals surface area contributed by atoms with Gasteiger partial charge in [0.1, 0.15) is 11.5 Å². The number of anilines is 3. The Kier molecular flexibility index (Phi) is 9.89. The van der Waals surface area contributed by atoms with Gasteiger partial charge in [-0.1, -0.05) is 235 Å². The lowest BCUT2D eigenvalue weighted by Gasteiger charge is -2.41. The van der Waals surface area contributed by atoms with Crippen LogP contribution in [0.3, 0.4) is 0 Å². The molecule has 0 atom stereocenters. The fraction of sp³-hybridized carbons (Fsp3) is 0.135. The maximum Gasteiger partial charge on any atom is 0.132 e. The van der Waals surface area contributed by atoms with Crippen LogP contribution in [0.25, 0.3) is 44.2 Å². The van der Waals surface area contributed by atoms with Gasteiger partial charge in [0.15, 0.2) is 0 Å². The molecule has 2 heterocycles. The monoisotopic (exact) mass is 1010 g/mol. The van der Waals surface area contributed by atoms with Crippen LogP contribution in [0, 0.1) is 0 Å². The van der Waals surface area contributed by atoms with Crippen LogP contribution >= 0.6 is 11.8 Å². The van der Waals surface area contributed by atoms with Crippen molar-refractivity contribution in [2.75, 3.05) is 4.90 Å². The summed E-state index contributed by atoms with van der Waals surface area (Å²) in [5.41, 5.74) is 22.0. The summed E-state index contributed by atoms with van der Waals surface area (Å²) < 4.78 is 7.19. The molecule has 0 radical (unpaired) electrons. The molecule has 0 saturated heterocycles. The van der Waals surface area contributed by atoms with Gasteiger partial charge in [-0.25, -0.2) is 0 Å². The van der Waals surface area contributed by atoms with Crippen LogP contribution in [-0.2, 0) is 21.7 Å². The first-order valence-electron chi connectivity index (χ1n) is 27.1. The van der Waals surface area contributed by atoms with Gasteiger partial charge in [0.25, 0.3) is 0 Å². The van der Waals surface area contributed by atoms with E-state index in [1.807, 2.05) is 11.8 Å². The molecule has 2 spiro atoms. The highest BCUT2D eigenvalue weighted by Crippen LogP contribution is 2.65. The molecule has 2 aliphatic heterocycles. The van der Waals surface area contributed by atoms with E-state index in [1.54, 1.807) is 0 Å². The standard InChI is InChI=1S/C74H57NOS/c1-71(2,3)47-34-38-54-55-39-35-48(72(4,5)6)43-63(55)74(62(54)42-47)59-27-12-16-31-67(59)76-68-41-37-50(45-65(68)74)75(66-30-15-10-24-57(66)52-25-19-21-46-20-7-8-22-51(46)52)49-36-40-56-53-23-9-11-26-58(53)73(64(56)44-49)60-28-13-17-32-69(60)77-70-33-18-14-29-61(70)73/h7-45H,1-6H3. The molecule has 0 amide bonds. The molecule has 77 heavy (non-hydrogen) atoms. The maximum atomic E-state index is 7.19. The summed E-state index contributed by atoms with van der Waals surface area (Å²) in [4.78, 5) is 5.13. The number of rotatable bonds is 4. The smallest absolute Gasteiger partial charge is 0.132 e. The van der Waals surface area contributed by atoms with Crippen molar-refractivity contribution >= 4 is 39.6 Å². The van der Waals surface area contributed by atoms with Gasteiger partial charge < -0.3 is 9.64 Å². The molecule has 0 N–H and O–H groups in total. The van der Waals surface area contributed by atoms with Crippen molar-refractivity contribution in [1.82, 2.24) is 0 Å². The summed E-state index contributed by atoms with van der Waals surface area (Å²) in [6, 6.07) is 89.6. The van der Waals surface area contributed by atoms with Crippen molar-refractivity contribution in [2.45, 2.75) is 73.0 Å². The van der Waals surface area contributed by atoms with Gasteiger partial charge in [0.05, 0.1) is 16.5 Å². The third-order valence-electron chi connectivity index (χ3n) is 17.3. The number of para-hydroxylation sites is 2. The number of benzene rings is 11.